The van der Waals surface area contributed by atoms with Crippen molar-refractivity contribution in [2.45, 2.75) is 25.9 Å². The molecule has 4 nitrogen and oxygen atoms in total. The molecule has 1 atom stereocenters. The van der Waals surface area contributed by atoms with E-state index >= 15 is 0 Å². The number of benzene rings is 1. The maximum absolute atomic E-state index is 12.5. The van der Waals surface area contributed by atoms with E-state index in [0.29, 0.717) is 6.54 Å². The lowest BCUT2D eigenvalue weighted by Crippen LogP contribution is -2.42. The Hall–Kier alpha value is -1.72. The fraction of sp³-hybridized carbons (Fsp3) is 0.368. The average Bonchev–Trinajstić information content (AvgIpc) is 2.61. The third-order valence-corrected chi connectivity index (χ3v) is 4.88. The lowest BCUT2D eigenvalue weighted by Gasteiger charge is -2.32. The summed E-state index contributed by atoms with van der Waals surface area (Å²) < 4.78 is 1.10. The van der Waals surface area contributed by atoms with Gasteiger partial charge in [-0.3, -0.25) is 14.7 Å². The van der Waals surface area contributed by atoms with Crippen molar-refractivity contribution in [2.75, 3.05) is 13.1 Å². The molecule has 1 aromatic carbocycles. The Bertz CT molecular complexity index is 677. The van der Waals surface area contributed by atoms with Gasteiger partial charge >= 0.3 is 0 Å². The first kappa shape index (κ1) is 17.1. The molecule has 1 aliphatic rings. The number of likely N-dealkylation sites (tertiary alicyclic amines) is 1. The molecular weight excluding hydrogens is 366 g/mol. The van der Waals surface area contributed by atoms with Crippen molar-refractivity contribution < 1.29 is 4.79 Å². The molecule has 1 aliphatic heterocycles. The molecule has 2 aromatic rings. The number of carbonyl (C=O) groups excluding carboxylic acids is 1. The number of carbonyl (C=O) groups is 1. The summed E-state index contributed by atoms with van der Waals surface area (Å²) in [7, 11) is 0. The van der Waals surface area contributed by atoms with Gasteiger partial charge in [0.2, 0.25) is 5.91 Å². The predicted molar refractivity (Wildman–Crippen MR) is 98.2 cm³/mol. The molecule has 126 valence electrons. The normalized spacial score (nSPS) is 18.3. The second-order valence-electron chi connectivity index (χ2n) is 6.28. The van der Waals surface area contributed by atoms with Crippen LogP contribution in [0.4, 0.5) is 0 Å². The Balaban J connectivity index is 1.52. The van der Waals surface area contributed by atoms with Crippen molar-refractivity contribution in [1.82, 2.24) is 15.2 Å². The van der Waals surface area contributed by atoms with Crippen LogP contribution in [-0.4, -0.2) is 28.9 Å². The third kappa shape index (κ3) is 4.89. The third-order valence-electron chi connectivity index (χ3n) is 4.39. The molecule has 1 saturated heterocycles. The molecule has 3 rings (SSSR count). The highest BCUT2D eigenvalue weighted by Gasteiger charge is 2.25. The summed E-state index contributed by atoms with van der Waals surface area (Å²) >= 11 is 3.52. The van der Waals surface area contributed by atoms with Crippen molar-refractivity contribution in [3.8, 4) is 0 Å². The van der Waals surface area contributed by atoms with E-state index in [1.807, 2.05) is 18.2 Å². The number of nitrogens with one attached hydrogen (secondary N) is 1. The van der Waals surface area contributed by atoms with Crippen LogP contribution < -0.4 is 5.32 Å². The summed E-state index contributed by atoms with van der Waals surface area (Å²) in [5.41, 5.74) is 2.36. The zero-order valence-corrected chi connectivity index (χ0v) is 15.2. The molecule has 1 N–H and O–H groups in total. The van der Waals surface area contributed by atoms with Crippen LogP contribution in [0.25, 0.3) is 0 Å². The van der Waals surface area contributed by atoms with E-state index in [1.165, 1.54) is 5.56 Å². The quantitative estimate of drug-likeness (QED) is 0.854. The molecule has 1 unspecified atom stereocenters. The molecular formula is C19H22BrN3O. The van der Waals surface area contributed by atoms with E-state index in [4.69, 9.17) is 0 Å². The molecule has 2 heterocycles. The van der Waals surface area contributed by atoms with Gasteiger partial charge in [-0.25, -0.2) is 0 Å². The maximum atomic E-state index is 12.5. The van der Waals surface area contributed by atoms with Gasteiger partial charge in [0.15, 0.2) is 0 Å². The summed E-state index contributed by atoms with van der Waals surface area (Å²) in [6.07, 6.45) is 5.54. The van der Waals surface area contributed by atoms with Crippen molar-refractivity contribution in [3.05, 3.63) is 64.4 Å². The fourth-order valence-corrected chi connectivity index (χ4v) is 3.59. The van der Waals surface area contributed by atoms with Gasteiger partial charge in [0.25, 0.3) is 0 Å². The van der Waals surface area contributed by atoms with Crippen LogP contribution in [0.15, 0.2) is 53.3 Å². The first-order valence-electron chi connectivity index (χ1n) is 8.34. The zero-order chi connectivity index (χ0) is 16.8. The lowest BCUT2D eigenvalue weighted by molar-refractivity contribution is -0.126. The first-order valence-corrected chi connectivity index (χ1v) is 9.13. The predicted octanol–water partition coefficient (Wildman–Crippen LogP) is 3.37. The van der Waals surface area contributed by atoms with Gasteiger partial charge in [-0.05, 0) is 54.8 Å². The van der Waals surface area contributed by atoms with E-state index in [2.05, 4.69) is 49.3 Å². The highest BCUT2D eigenvalue weighted by atomic mass is 79.9. The van der Waals surface area contributed by atoms with Crippen LogP contribution in [0.2, 0.25) is 0 Å². The Labute approximate surface area is 151 Å². The molecule has 1 fully saturated rings. The van der Waals surface area contributed by atoms with Crippen molar-refractivity contribution in [2.24, 2.45) is 5.92 Å². The molecule has 0 saturated carbocycles. The number of piperidine rings is 1. The summed E-state index contributed by atoms with van der Waals surface area (Å²) in [6, 6.07) is 12.2. The molecule has 1 aromatic heterocycles. The highest BCUT2D eigenvalue weighted by molar-refractivity contribution is 9.10. The van der Waals surface area contributed by atoms with E-state index in [-0.39, 0.29) is 11.8 Å². The largest absolute Gasteiger partial charge is 0.352 e. The van der Waals surface area contributed by atoms with Gasteiger partial charge in [-0.1, -0.05) is 28.1 Å². The number of halogens is 1. The van der Waals surface area contributed by atoms with Crippen LogP contribution in [0.5, 0.6) is 0 Å². The van der Waals surface area contributed by atoms with Gasteiger partial charge in [0.1, 0.15) is 0 Å². The Kier molecular flexibility index (Phi) is 5.99. The molecule has 0 spiro atoms. The van der Waals surface area contributed by atoms with Crippen molar-refractivity contribution in [3.63, 3.8) is 0 Å². The van der Waals surface area contributed by atoms with Crippen LogP contribution in [0.1, 0.15) is 24.0 Å². The average molecular weight is 388 g/mol. The number of hydrogen-bond donors (Lipinski definition) is 1. The molecule has 24 heavy (non-hydrogen) atoms. The smallest absolute Gasteiger partial charge is 0.224 e. The molecule has 0 aliphatic carbocycles. The maximum Gasteiger partial charge on any atom is 0.224 e. The second-order valence-corrected chi connectivity index (χ2v) is 7.19. The Morgan fingerprint density at radius 1 is 1.25 bits per heavy atom. The standard InChI is InChI=1S/C19H22BrN3O/c20-18-5-1-3-16(11-18)13-23-10-2-4-17(14-23)19(24)22-12-15-6-8-21-9-7-15/h1,3,5-9,11,17H,2,4,10,12-14H2,(H,22,24). The fourth-order valence-electron chi connectivity index (χ4n) is 3.14. The first-order chi connectivity index (χ1) is 11.7. The van der Waals surface area contributed by atoms with Gasteiger partial charge in [0.05, 0.1) is 5.92 Å². The minimum Gasteiger partial charge on any atom is -0.352 e. The summed E-state index contributed by atoms with van der Waals surface area (Å²) in [5.74, 6) is 0.235. The molecule has 5 heteroatoms. The number of aromatic nitrogens is 1. The van der Waals surface area contributed by atoms with E-state index < -0.39 is 0 Å². The number of rotatable bonds is 5. The number of nitrogens with zero attached hydrogens (tertiary/aromatic N) is 2. The van der Waals surface area contributed by atoms with E-state index in [9.17, 15) is 4.79 Å². The number of hydrogen-bond acceptors (Lipinski definition) is 3. The monoisotopic (exact) mass is 387 g/mol. The van der Waals surface area contributed by atoms with Gasteiger partial charge in [-0.2, -0.15) is 0 Å². The minimum absolute atomic E-state index is 0.0766. The molecule has 1 amide bonds. The van der Waals surface area contributed by atoms with Crippen LogP contribution in [0.3, 0.4) is 0 Å². The van der Waals surface area contributed by atoms with Crippen LogP contribution in [0, 0.1) is 5.92 Å². The summed E-state index contributed by atoms with van der Waals surface area (Å²) in [4.78, 5) is 18.8. The molecule has 0 radical (unpaired) electrons. The zero-order valence-electron chi connectivity index (χ0n) is 13.6. The highest BCUT2D eigenvalue weighted by Crippen LogP contribution is 2.20. The minimum atomic E-state index is 0.0766. The van der Waals surface area contributed by atoms with Crippen LogP contribution >= 0.6 is 15.9 Å². The van der Waals surface area contributed by atoms with E-state index in [0.717, 1.165) is 42.5 Å². The summed E-state index contributed by atoms with van der Waals surface area (Å²) in [5, 5.41) is 3.06. The topological polar surface area (TPSA) is 45.2 Å². The number of pyridine rings is 1. The second kappa shape index (κ2) is 8.40. The van der Waals surface area contributed by atoms with Gasteiger partial charge in [-0.15, -0.1) is 0 Å². The van der Waals surface area contributed by atoms with Crippen LogP contribution in [-0.2, 0) is 17.9 Å². The van der Waals surface area contributed by atoms with Gasteiger partial charge < -0.3 is 5.32 Å². The molecule has 0 bridgehead atoms. The SMILES string of the molecule is O=C(NCc1ccncc1)C1CCCN(Cc2cccc(Br)c2)C1. The van der Waals surface area contributed by atoms with E-state index in [1.54, 1.807) is 12.4 Å². The summed E-state index contributed by atoms with van der Waals surface area (Å²) in [6.45, 7) is 3.35. The lowest BCUT2D eigenvalue weighted by atomic mass is 9.96. The van der Waals surface area contributed by atoms with Crippen molar-refractivity contribution >= 4 is 21.8 Å². The Morgan fingerprint density at radius 2 is 2.08 bits per heavy atom. The van der Waals surface area contributed by atoms with Crippen molar-refractivity contribution in [1.29, 1.82) is 0 Å². The number of amides is 1. The Morgan fingerprint density at radius 3 is 2.88 bits per heavy atom. The van der Waals surface area contributed by atoms with Gasteiger partial charge in [0, 0.05) is 36.5 Å².